The van der Waals surface area contributed by atoms with Gasteiger partial charge in [0.15, 0.2) is 0 Å². The Morgan fingerprint density at radius 1 is 1.11 bits per heavy atom. The van der Waals surface area contributed by atoms with E-state index in [9.17, 15) is 9.59 Å². The first-order valence-corrected chi connectivity index (χ1v) is 9.60. The van der Waals surface area contributed by atoms with Gasteiger partial charge in [0.05, 0.1) is 6.61 Å². The Kier molecular flexibility index (Phi) is 7.46. The number of nitrogens with zero attached hydrogens (tertiary/aromatic N) is 1. The van der Waals surface area contributed by atoms with Crippen molar-refractivity contribution in [1.82, 2.24) is 4.90 Å². The van der Waals surface area contributed by atoms with E-state index in [2.05, 4.69) is 5.32 Å². The number of nitrogens with one attached hydrogen (secondary N) is 1. The Bertz CT molecular complexity index is 831. The molecule has 0 unspecified atom stereocenters. The molecule has 1 N–H and O–H groups in total. The van der Waals surface area contributed by atoms with Gasteiger partial charge in [0.25, 0.3) is 5.91 Å². The van der Waals surface area contributed by atoms with Crippen molar-refractivity contribution in [3.8, 4) is 5.75 Å². The molecule has 0 saturated carbocycles. The Hall–Kier alpha value is -2.53. The molecule has 2 aromatic carbocycles. The lowest BCUT2D eigenvalue weighted by molar-refractivity contribution is -0.123. The van der Waals surface area contributed by atoms with Crippen LogP contribution in [0.2, 0.25) is 5.02 Å². The van der Waals surface area contributed by atoms with Crippen LogP contribution < -0.4 is 10.1 Å². The monoisotopic (exact) mass is 402 g/mol. The van der Waals surface area contributed by atoms with Gasteiger partial charge in [0, 0.05) is 35.3 Å². The Morgan fingerprint density at radius 2 is 1.82 bits per heavy atom. The molecular formula is C22H27ClN2O3. The van der Waals surface area contributed by atoms with Crippen LogP contribution in [0.25, 0.3) is 0 Å². The van der Waals surface area contributed by atoms with Crippen LogP contribution in [0.5, 0.6) is 5.75 Å². The lowest BCUT2D eigenvalue weighted by atomic mass is 9.95. The summed E-state index contributed by atoms with van der Waals surface area (Å²) in [5.74, 6) is 0.516. The van der Waals surface area contributed by atoms with E-state index in [1.165, 1.54) is 0 Å². The predicted molar refractivity (Wildman–Crippen MR) is 113 cm³/mol. The van der Waals surface area contributed by atoms with Gasteiger partial charge in [-0.3, -0.25) is 9.59 Å². The van der Waals surface area contributed by atoms with Gasteiger partial charge in [0.2, 0.25) is 5.91 Å². The maximum absolute atomic E-state index is 12.6. The molecule has 0 radical (unpaired) electrons. The quantitative estimate of drug-likeness (QED) is 0.672. The normalized spacial score (nSPS) is 11.0. The molecular weight excluding hydrogens is 376 g/mol. The first kappa shape index (κ1) is 21.8. The average molecular weight is 403 g/mol. The van der Waals surface area contributed by atoms with Gasteiger partial charge in [0.1, 0.15) is 5.75 Å². The zero-order valence-electron chi connectivity index (χ0n) is 16.8. The maximum Gasteiger partial charge on any atom is 0.253 e. The summed E-state index contributed by atoms with van der Waals surface area (Å²) in [6.07, 6.45) is 0.690. The fourth-order valence-electron chi connectivity index (χ4n) is 2.42. The highest BCUT2D eigenvalue weighted by atomic mass is 35.5. The van der Waals surface area contributed by atoms with E-state index >= 15 is 0 Å². The molecule has 0 spiro atoms. The summed E-state index contributed by atoms with van der Waals surface area (Å²) in [6, 6.07) is 14.2. The fourth-order valence-corrected chi connectivity index (χ4v) is 2.60. The van der Waals surface area contributed by atoms with Gasteiger partial charge in [-0.05, 0) is 42.8 Å². The Morgan fingerprint density at radius 3 is 2.50 bits per heavy atom. The van der Waals surface area contributed by atoms with Crippen LogP contribution in [-0.2, 0) is 4.79 Å². The minimum atomic E-state index is -0.500. The average Bonchev–Trinajstić information content (AvgIpc) is 2.64. The fraction of sp³-hybridized carbons (Fsp3) is 0.364. The zero-order valence-corrected chi connectivity index (χ0v) is 17.5. The summed E-state index contributed by atoms with van der Waals surface area (Å²) in [7, 11) is 1.75. The van der Waals surface area contributed by atoms with Gasteiger partial charge in [-0.25, -0.2) is 0 Å². The molecule has 0 heterocycles. The molecule has 0 aliphatic rings. The topological polar surface area (TPSA) is 58.6 Å². The van der Waals surface area contributed by atoms with Crippen molar-refractivity contribution in [3.63, 3.8) is 0 Å². The van der Waals surface area contributed by atoms with E-state index in [1.807, 2.05) is 32.9 Å². The van der Waals surface area contributed by atoms with Crippen molar-refractivity contribution in [2.75, 3.05) is 25.5 Å². The number of rotatable bonds is 7. The Labute approximate surface area is 171 Å². The molecule has 0 fully saturated rings. The lowest BCUT2D eigenvalue weighted by Gasteiger charge is -2.19. The van der Waals surface area contributed by atoms with Crippen LogP contribution in [0.1, 0.15) is 37.6 Å². The third-order valence-electron chi connectivity index (χ3n) is 4.10. The minimum absolute atomic E-state index is 0.0939. The number of benzene rings is 2. The molecule has 2 rings (SSSR count). The number of carbonyl (C=O) groups excluding carboxylic acids is 2. The standard InChI is InChI=1S/C22H27ClN2O3/c1-22(2,3)21(27)24-18-10-5-8-16(14-18)20(26)25(4)12-7-13-28-19-11-6-9-17(23)15-19/h5-6,8-11,14-15H,7,12-13H2,1-4H3,(H,24,27). The highest BCUT2D eigenvalue weighted by molar-refractivity contribution is 6.30. The van der Waals surface area contributed by atoms with E-state index in [1.54, 1.807) is 48.3 Å². The number of carbonyl (C=O) groups is 2. The second-order valence-electron chi connectivity index (χ2n) is 7.67. The van der Waals surface area contributed by atoms with Crippen LogP contribution in [0.15, 0.2) is 48.5 Å². The molecule has 0 aliphatic carbocycles. The predicted octanol–water partition coefficient (Wildman–Crippen LogP) is 4.87. The van der Waals surface area contributed by atoms with Crippen molar-refractivity contribution in [2.24, 2.45) is 5.41 Å². The summed E-state index contributed by atoms with van der Waals surface area (Å²) in [4.78, 5) is 26.4. The van der Waals surface area contributed by atoms with E-state index in [4.69, 9.17) is 16.3 Å². The molecule has 6 heteroatoms. The summed E-state index contributed by atoms with van der Waals surface area (Å²) in [5.41, 5.74) is 0.646. The van der Waals surface area contributed by atoms with Crippen molar-refractivity contribution in [2.45, 2.75) is 27.2 Å². The highest BCUT2D eigenvalue weighted by Gasteiger charge is 2.21. The van der Waals surface area contributed by atoms with Gasteiger partial charge >= 0.3 is 0 Å². The zero-order chi connectivity index (χ0) is 20.7. The van der Waals surface area contributed by atoms with Crippen LogP contribution in [0.3, 0.4) is 0 Å². The van der Waals surface area contributed by atoms with E-state index in [0.29, 0.717) is 41.6 Å². The van der Waals surface area contributed by atoms with Crippen molar-refractivity contribution in [3.05, 3.63) is 59.1 Å². The highest BCUT2D eigenvalue weighted by Crippen LogP contribution is 2.19. The molecule has 0 bridgehead atoms. The summed E-state index contributed by atoms with van der Waals surface area (Å²) in [6.45, 7) is 6.57. The van der Waals surface area contributed by atoms with Crippen molar-refractivity contribution in [1.29, 1.82) is 0 Å². The number of hydrogen-bond donors (Lipinski definition) is 1. The second kappa shape index (κ2) is 9.60. The van der Waals surface area contributed by atoms with Crippen LogP contribution >= 0.6 is 11.6 Å². The molecule has 2 aromatic rings. The number of hydrogen-bond acceptors (Lipinski definition) is 3. The largest absolute Gasteiger partial charge is 0.493 e. The number of ether oxygens (including phenoxy) is 1. The molecule has 150 valence electrons. The molecule has 0 aliphatic heterocycles. The van der Waals surface area contributed by atoms with Gasteiger partial charge in [-0.2, -0.15) is 0 Å². The van der Waals surface area contributed by atoms with Gasteiger partial charge in [-0.1, -0.05) is 44.5 Å². The smallest absolute Gasteiger partial charge is 0.253 e. The SMILES string of the molecule is CN(CCCOc1cccc(Cl)c1)C(=O)c1cccc(NC(=O)C(C)(C)C)c1. The van der Waals surface area contributed by atoms with E-state index in [-0.39, 0.29) is 11.8 Å². The molecule has 5 nitrogen and oxygen atoms in total. The molecule has 0 aromatic heterocycles. The summed E-state index contributed by atoms with van der Waals surface area (Å²) in [5, 5.41) is 3.48. The van der Waals surface area contributed by atoms with Gasteiger partial charge in [-0.15, -0.1) is 0 Å². The lowest BCUT2D eigenvalue weighted by Crippen LogP contribution is -2.29. The third kappa shape index (κ3) is 6.57. The number of amides is 2. The first-order chi connectivity index (χ1) is 13.2. The van der Waals surface area contributed by atoms with Crippen molar-refractivity contribution >= 4 is 29.1 Å². The molecule has 2 amide bonds. The van der Waals surface area contributed by atoms with Crippen LogP contribution in [0, 0.1) is 5.41 Å². The maximum atomic E-state index is 12.6. The Balaban J connectivity index is 1.87. The van der Waals surface area contributed by atoms with Crippen LogP contribution in [0.4, 0.5) is 5.69 Å². The molecule has 0 saturated heterocycles. The second-order valence-corrected chi connectivity index (χ2v) is 8.11. The number of anilines is 1. The van der Waals surface area contributed by atoms with Crippen molar-refractivity contribution < 1.29 is 14.3 Å². The minimum Gasteiger partial charge on any atom is -0.493 e. The van der Waals surface area contributed by atoms with E-state index < -0.39 is 5.41 Å². The summed E-state index contributed by atoms with van der Waals surface area (Å²) < 4.78 is 5.65. The molecule has 28 heavy (non-hydrogen) atoms. The summed E-state index contributed by atoms with van der Waals surface area (Å²) >= 11 is 5.93. The van der Waals surface area contributed by atoms with E-state index in [0.717, 1.165) is 0 Å². The first-order valence-electron chi connectivity index (χ1n) is 9.22. The third-order valence-corrected chi connectivity index (χ3v) is 4.33. The number of halogens is 1. The van der Waals surface area contributed by atoms with Gasteiger partial charge < -0.3 is 15.0 Å². The molecule has 0 atom stereocenters. The van der Waals surface area contributed by atoms with Crippen LogP contribution in [-0.4, -0.2) is 36.9 Å².